The minimum Gasteiger partial charge on any atom is -0.330 e. The Morgan fingerprint density at radius 3 is 2.55 bits per heavy atom. The fourth-order valence-electron chi connectivity index (χ4n) is 2.41. The van der Waals surface area contributed by atoms with Gasteiger partial charge in [0.1, 0.15) is 0 Å². The van der Waals surface area contributed by atoms with Crippen molar-refractivity contribution in [1.29, 1.82) is 0 Å². The number of fused-ring (bicyclic) bond motifs is 1. The third kappa shape index (κ3) is 2.36. The molecule has 2 aromatic carbocycles. The quantitative estimate of drug-likeness (QED) is 0.764. The predicted molar refractivity (Wildman–Crippen MR) is 82.8 cm³/mol. The van der Waals surface area contributed by atoms with Crippen molar-refractivity contribution in [3.63, 3.8) is 0 Å². The molecule has 0 unspecified atom stereocenters. The van der Waals surface area contributed by atoms with Crippen molar-refractivity contribution in [1.82, 2.24) is 4.98 Å². The number of pyridine rings is 1. The minimum absolute atomic E-state index is 0.0599. The lowest BCUT2D eigenvalue weighted by Gasteiger charge is -2.05. The van der Waals surface area contributed by atoms with E-state index in [9.17, 15) is 4.79 Å². The first-order valence-electron chi connectivity index (χ1n) is 6.69. The Kier molecular flexibility index (Phi) is 3.35. The highest BCUT2D eigenvalue weighted by Gasteiger charge is 2.05. The monoisotopic (exact) mass is 264 g/mol. The molecule has 0 aliphatic heterocycles. The van der Waals surface area contributed by atoms with Crippen molar-refractivity contribution in [2.24, 2.45) is 5.73 Å². The first-order valence-corrected chi connectivity index (χ1v) is 6.69. The maximum Gasteiger partial charge on any atom is 0.256 e. The summed E-state index contributed by atoms with van der Waals surface area (Å²) in [5.41, 5.74) is 9.20. The zero-order valence-electron chi connectivity index (χ0n) is 11.1. The van der Waals surface area contributed by atoms with Gasteiger partial charge < -0.3 is 10.7 Å². The summed E-state index contributed by atoms with van der Waals surface area (Å²) in [6.07, 6.45) is 0.843. The molecule has 100 valence electrons. The van der Waals surface area contributed by atoms with Crippen LogP contribution < -0.4 is 11.3 Å². The Hall–Kier alpha value is -2.39. The van der Waals surface area contributed by atoms with Gasteiger partial charge in [-0.15, -0.1) is 0 Å². The average molecular weight is 264 g/mol. The van der Waals surface area contributed by atoms with Crippen molar-refractivity contribution in [3.05, 3.63) is 70.5 Å². The summed E-state index contributed by atoms with van der Waals surface area (Å²) in [5.74, 6) is 0. The lowest BCUT2D eigenvalue weighted by molar-refractivity contribution is 0.970. The Balaban J connectivity index is 2.18. The molecule has 0 fully saturated rings. The van der Waals surface area contributed by atoms with E-state index >= 15 is 0 Å². The van der Waals surface area contributed by atoms with Crippen molar-refractivity contribution < 1.29 is 0 Å². The molecule has 3 N–H and O–H groups in total. The van der Waals surface area contributed by atoms with Crippen molar-refractivity contribution >= 4 is 10.9 Å². The Bertz CT molecular complexity index is 791. The van der Waals surface area contributed by atoms with E-state index in [1.807, 2.05) is 48.5 Å². The summed E-state index contributed by atoms with van der Waals surface area (Å²) in [6, 6.07) is 17.7. The zero-order chi connectivity index (χ0) is 13.9. The number of rotatable bonds is 3. The standard InChI is InChI=1S/C17H16N2O/c18-9-8-12-6-7-16-14(10-12)11-15(17(20)19-16)13-4-2-1-3-5-13/h1-7,10-11H,8-9,18H2,(H,19,20). The molecule has 0 amide bonds. The van der Waals surface area contributed by atoms with E-state index < -0.39 is 0 Å². The van der Waals surface area contributed by atoms with E-state index in [0.29, 0.717) is 12.1 Å². The van der Waals surface area contributed by atoms with Gasteiger partial charge in [0, 0.05) is 11.1 Å². The van der Waals surface area contributed by atoms with Crippen LogP contribution in [0.3, 0.4) is 0 Å². The molecule has 0 atom stereocenters. The summed E-state index contributed by atoms with van der Waals surface area (Å²) in [5, 5.41) is 1.04. The second kappa shape index (κ2) is 5.31. The van der Waals surface area contributed by atoms with Crippen LogP contribution in [0.5, 0.6) is 0 Å². The van der Waals surface area contributed by atoms with Gasteiger partial charge in [0.2, 0.25) is 0 Å². The van der Waals surface area contributed by atoms with Crippen molar-refractivity contribution in [2.75, 3.05) is 6.54 Å². The molecule has 3 nitrogen and oxygen atoms in total. The Morgan fingerprint density at radius 1 is 1.00 bits per heavy atom. The third-order valence-corrected chi connectivity index (χ3v) is 3.43. The van der Waals surface area contributed by atoms with E-state index in [1.54, 1.807) is 0 Å². The molecule has 0 bridgehead atoms. The van der Waals surface area contributed by atoms with Crippen LogP contribution in [0.1, 0.15) is 5.56 Å². The summed E-state index contributed by atoms with van der Waals surface area (Å²) >= 11 is 0. The maximum absolute atomic E-state index is 12.2. The number of nitrogens with two attached hydrogens (primary N) is 1. The van der Waals surface area contributed by atoms with Crippen LogP contribution in [-0.4, -0.2) is 11.5 Å². The van der Waals surface area contributed by atoms with Gasteiger partial charge in [-0.1, -0.05) is 36.4 Å². The molecule has 0 aliphatic rings. The van der Waals surface area contributed by atoms with Crippen LogP contribution in [0, 0.1) is 0 Å². The molecular formula is C17H16N2O. The van der Waals surface area contributed by atoms with Crippen LogP contribution in [0.2, 0.25) is 0 Å². The van der Waals surface area contributed by atoms with E-state index in [0.717, 1.165) is 22.9 Å². The van der Waals surface area contributed by atoms with E-state index in [2.05, 4.69) is 11.1 Å². The molecular weight excluding hydrogens is 248 g/mol. The largest absolute Gasteiger partial charge is 0.330 e. The van der Waals surface area contributed by atoms with Gasteiger partial charge in [-0.25, -0.2) is 0 Å². The van der Waals surface area contributed by atoms with Crippen LogP contribution in [0.15, 0.2) is 59.4 Å². The average Bonchev–Trinajstić information content (AvgIpc) is 2.48. The molecule has 0 saturated heterocycles. The second-order valence-corrected chi connectivity index (χ2v) is 4.84. The Labute approximate surface area is 117 Å². The highest BCUT2D eigenvalue weighted by Crippen LogP contribution is 2.20. The normalized spacial score (nSPS) is 10.8. The fourth-order valence-corrected chi connectivity index (χ4v) is 2.41. The molecule has 20 heavy (non-hydrogen) atoms. The summed E-state index contributed by atoms with van der Waals surface area (Å²) in [4.78, 5) is 15.1. The Morgan fingerprint density at radius 2 is 1.80 bits per heavy atom. The van der Waals surface area contributed by atoms with Crippen molar-refractivity contribution in [3.8, 4) is 11.1 Å². The predicted octanol–water partition coefficient (Wildman–Crippen LogP) is 2.70. The number of aromatic amines is 1. The van der Waals surface area contributed by atoms with Gasteiger partial charge >= 0.3 is 0 Å². The lowest BCUT2D eigenvalue weighted by atomic mass is 10.0. The highest BCUT2D eigenvalue weighted by molar-refractivity contribution is 5.84. The van der Waals surface area contributed by atoms with Gasteiger partial charge in [-0.3, -0.25) is 4.79 Å². The number of benzene rings is 2. The first kappa shape index (κ1) is 12.6. The smallest absolute Gasteiger partial charge is 0.256 e. The SMILES string of the molecule is NCCc1ccc2[nH]c(=O)c(-c3ccccc3)cc2c1. The van der Waals surface area contributed by atoms with Gasteiger partial charge in [-0.05, 0) is 47.7 Å². The first-order chi connectivity index (χ1) is 9.78. The molecule has 0 saturated carbocycles. The fraction of sp³-hybridized carbons (Fsp3) is 0.118. The van der Waals surface area contributed by atoms with Crippen molar-refractivity contribution in [2.45, 2.75) is 6.42 Å². The molecule has 0 spiro atoms. The highest BCUT2D eigenvalue weighted by atomic mass is 16.1. The number of H-pyrrole nitrogens is 1. The number of nitrogens with one attached hydrogen (secondary N) is 1. The third-order valence-electron chi connectivity index (χ3n) is 3.43. The second-order valence-electron chi connectivity index (χ2n) is 4.84. The molecule has 0 aliphatic carbocycles. The summed E-state index contributed by atoms with van der Waals surface area (Å²) in [6.45, 7) is 0.625. The topological polar surface area (TPSA) is 58.9 Å². The van der Waals surface area contributed by atoms with Crippen LogP contribution in [-0.2, 0) is 6.42 Å². The lowest BCUT2D eigenvalue weighted by Crippen LogP contribution is -2.09. The van der Waals surface area contributed by atoms with Gasteiger partial charge in [0.25, 0.3) is 5.56 Å². The van der Waals surface area contributed by atoms with Crippen LogP contribution in [0.25, 0.3) is 22.0 Å². The van der Waals surface area contributed by atoms with Gasteiger partial charge in [-0.2, -0.15) is 0 Å². The molecule has 0 radical (unpaired) electrons. The molecule has 3 heteroatoms. The number of hydrogen-bond donors (Lipinski definition) is 2. The van der Waals surface area contributed by atoms with Gasteiger partial charge in [0.15, 0.2) is 0 Å². The summed E-state index contributed by atoms with van der Waals surface area (Å²) < 4.78 is 0. The zero-order valence-corrected chi connectivity index (χ0v) is 11.1. The molecule has 3 rings (SSSR count). The summed E-state index contributed by atoms with van der Waals surface area (Å²) in [7, 11) is 0. The van der Waals surface area contributed by atoms with E-state index in [-0.39, 0.29) is 5.56 Å². The molecule has 1 aromatic heterocycles. The van der Waals surface area contributed by atoms with E-state index in [1.165, 1.54) is 5.56 Å². The van der Waals surface area contributed by atoms with E-state index in [4.69, 9.17) is 5.73 Å². The molecule has 3 aromatic rings. The van der Waals surface area contributed by atoms with Crippen LogP contribution >= 0.6 is 0 Å². The number of aromatic nitrogens is 1. The molecule has 1 heterocycles. The van der Waals surface area contributed by atoms with Gasteiger partial charge in [0.05, 0.1) is 0 Å². The minimum atomic E-state index is -0.0599. The maximum atomic E-state index is 12.2. The van der Waals surface area contributed by atoms with Crippen LogP contribution in [0.4, 0.5) is 0 Å². The number of hydrogen-bond acceptors (Lipinski definition) is 2.